The van der Waals surface area contributed by atoms with Crippen LogP contribution in [0.1, 0.15) is 22.8 Å². The van der Waals surface area contributed by atoms with Crippen molar-refractivity contribution < 1.29 is 19.7 Å². The molecular weight excluding hydrogens is 306 g/mol. The van der Waals surface area contributed by atoms with Crippen LogP contribution in [-0.2, 0) is 11.3 Å². The molecule has 0 amide bonds. The Labute approximate surface area is 142 Å². The highest BCUT2D eigenvalue weighted by molar-refractivity contribution is 6.07. The van der Waals surface area contributed by atoms with E-state index < -0.39 is 0 Å². The highest BCUT2D eigenvalue weighted by atomic mass is 16.5. The number of benzene rings is 1. The minimum absolute atomic E-state index is 0.00694. The van der Waals surface area contributed by atoms with Gasteiger partial charge in [0.1, 0.15) is 11.5 Å². The number of nitrogens with zero attached hydrogens (tertiary/aromatic N) is 1. The zero-order valence-corrected chi connectivity index (χ0v) is 13.8. The van der Waals surface area contributed by atoms with Gasteiger partial charge in [-0.1, -0.05) is 30.4 Å². The highest BCUT2D eigenvalue weighted by Gasteiger charge is 2.19. The van der Waals surface area contributed by atoms with Gasteiger partial charge in [0.05, 0.1) is 24.3 Å². The van der Waals surface area contributed by atoms with Crippen LogP contribution in [-0.4, -0.2) is 47.2 Å². The number of hydrogen-bond acceptors (Lipinski definition) is 5. The Morgan fingerprint density at radius 2 is 1.88 bits per heavy atom. The number of phenolic OH excluding ortho intramolecular Hbond substituents is 2. The molecule has 1 fully saturated rings. The third-order valence-corrected chi connectivity index (χ3v) is 3.78. The number of morpholine rings is 1. The summed E-state index contributed by atoms with van der Waals surface area (Å²) in [5, 5.41) is 20.4. The molecule has 1 aliphatic rings. The first-order valence-corrected chi connectivity index (χ1v) is 7.97. The minimum Gasteiger partial charge on any atom is -0.507 e. The van der Waals surface area contributed by atoms with Crippen molar-refractivity contribution in [2.75, 3.05) is 26.3 Å². The molecule has 5 heteroatoms. The van der Waals surface area contributed by atoms with Crippen molar-refractivity contribution in [1.82, 2.24) is 4.90 Å². The van der Waals surface area contributed by atoms with Gasteiger partial charge in [-0.25, -0.2) is 0 Å². The normalized spacial score (nSPS) is 16.5. The summed E-state index contributed by atoms with van der Waals surface area (Å²) in [7, 11) is 0. The lowest BCUT2D eigenvalue weighted by Crippen LogP contribution is -2.35. The number of carbonyl (C=O) groups is 1. The smallest absolute Gasteiger partial charge is 0.189 e. The third-order valence-electron chi connectivity index (χ3n) is 3.78. The molecule has 0 aromatic heterocycles. The van der Waals surface area contributed by atoms with Gasteiger partial charge in [-0.15, -0.1) is 0 Å². The molecule has 0 atom stereocenters. The summed E-state index contributed by atoms with van der Waals surface area (Å²) in [6.07, 6.45) is 10.3. The van der Waals surface area contributed by atoms with E-state index >= 15 is 0 Å². The number of carbonyl (C=O) groups excluding carboxylic acids is 1. The van der Waals surface area contributed by atoms with E-state index in [0.29, 0.717) is 25.3 Å². The number of ketones is 1. The van der Waals surface area contributed by atoms with Gasteiger partial charge in [0.25, 0.3) is 0 Å². The Bertz CT molecular complexity index is 656. The summed E-state index contributed by atoms with van der Waals surface area (Å²) in [4.78, 5) is 14.3. The summed E-state index contributed by atoms with van der Waals surface area (Å²) in [6.45, 7) is 5.00. The van der Waals surface area contributed by atoms with E-state index in [1.54, 1.807) is 12.2 Å². The molecule has 1 aromatic rings. The van der Waals surface area contributed by atoms with Crippen LogP contribution in [0.25, 0.3) is 0 Å². The Balaban J connectivity index is 2.16. The largest absolute Gasteiger partial charge is 0.507 e. The van der Waals surface area contributed by atoms with E-state index in [-0.39, 0.29) is 22.8 Å². The summed E-state index contributed by atoms with van der Waals surface area (Å²) in [5.41, 5.74) is 0.562. The first-order chi connectivity index (χ1) is 11.6. The number of rotatable bonds is 6. The van der Waals surface area contributed by atoms with E-state index in [1.807, 2.05) is 25.2 Å². The third kappa shape index (κ3) is 4.81. The Morgan fingerprint density at radius 3 is 2.58 bits per heavy atom. The summed E-state index contributed by atoms with van der Waals surface area (Å²) in [5.74, 6) is -0.470. The number of aromatic hydroxyl groups is 2. The summed E-state index contributed by atoms with van der Waals surface area (Å²) < 4.78 is 5.29. The molecule has 1 saturated heterocycles. The lowest BCUT2D eigenvalue weighted by atomic mass is 10.0. The topological polar surface area (TPSA) is 70.0 Å². The van der Waals surface area contributed by atoms with E-state index in [9.17, 15) is 15.0 Å². The highest BCUT2D eigenvalue weighted by Crippen LogP contribution is 2.32. The lowest BCUT2D eigenvalue weighted by molar-refractivity contribution is 0.0335. The number of phenols is 2. The summed E-state index contributed by atoms with van der Waals surface area (Å²) >= 11 is 0. The predicted molar refractivity (Wildman–Crippen MR) is 93.3 cm³/mol. The van der Waals surface area contributed by atoms with Crippen molar-refractivity contribution in [2.24, 2.45) is 0 Å². The molecular formula is C19H23NO4. The fourth-order valence-electron chi connectivity index (χ4n) is 2.44. The molecule has 24 heavy (non-hydrogen) atoms. The van der Waals surface area contributed by atoms with Crippen LogP contribution >= 0.6 is 0 Å². The van der Waals surface area contributed by atoms with Crippen LogP contribution in [0.3, 0.4) is 0 Å². The fraction of sp³-hybridized carbons (Fsp3) is 0.316. The Kier molecular flexibility index (Phi) is 6.78. The molecule has 0 radical (unpaired) electrons. The molecule has 1 aromatic carbocycles. The molecule has 128 valence electrons. The van der Waals surface area contributed by atoms with E-state index in [2.05, 4.69) is 4.90 Å². The van der Waals surface area contributed by atoms with E-state index in [4.69, 9.17) is 4.74 Å². The van der Waals surface area contributed by atoms with Gasteiger partial charge in [0, 0.05) is 19.6 Å². The second-order valence-electron chi connectivity index (χ2n) is 5.48. The monoisotopic (exact) mass is 329 g/mol. The van der Waals surface area contributed by atoms with Gasteiger partial charge < -0.3 is 14.9 Å². The quantitative estimate of drug-likeness (QED) is 0.477. The van der Waals surface area contributed by atoms with Gasteiger partial charge in [-0.3, -0.25) is 9.69 Å². The van der Waals surface area contributed by atoms with Crippen molar-refractivity contribution in [2.45, 2.75) is 13.5 Å². The van der Waals surface area contributed by atoms with Crippen molar-refractivity contribution in [3.05, 3.63) is 59.7 Å². The van der Waals surface area contributed by atoms with Crippen LogP contribution < -0.4 is 0 Å². The van der Waals surface area contributed by atoms with Gasteiger partial charge in [0.15, 0.2) is 5.78 Å². The van der Waals surface area contributed by atoms with Gasteiger partial charge in [0.2, 0.25) is 0 Å². The fourth-order valence-corrected chi connectivity index (χ4v) is 2.44. The van der Waals surface area contributed by atoms with Gasteiger partial charge in [-0.05, 0) is 25.1 Å². The molecule has 2 N–H and O–H groups in total. The van der Waals surface area contributed by atoms with Crippen LogP contribution in [0.15, 0.2) is 48.6 Å². The molecule has 2 rings (SSSR count). The first kappa shape index (κ1) is 18.0. The van der Waals surface area contributed by atoms with Crippen LogP contribution in [0, 0.1) is 0 Å². The Hall–Kier alpha value is -2.37. The van der Waals surface area contributed by atoms with Crippen LogP contribution in [0.4, 0.5) is 0 Å². The average molecular weight is 329 g/mol. The zero-order valence-electron chi connectivity index (χ0n) is 13.8. The Morgan fingerprint density at radius 1 is 1.17 bits per heavy atom. The second-order valence-corrected chi connectivity index (χ2v) is 5.48. The standard InChI is InChI=1S/C19H23NO4/c1-2-3-4-5-6-7-17(21)15-8-9-18(22)16(19(15)23)14-20-10-12-24-13-11-20/h2-9,22-23H,10-14H2,1H3/b3-2-,5-4-,7-6+. The number of ether oxygens (including phenoxy) is 1. The molecule has 5 nitrogen and oxygen atoms in total. The van der Waals surface area contributed by atoms with Crippen LogP contribution in [0.5, 0.6) is 11.5 Å². The first-order valence-electron chi connectivity index (χ1n) is 7.97. The maximum Gasteiger partial charge on any atom is 0.189 e. The maximum absolute atomic E-state index is 12.2. The molecule has 0 aliphatic carbocycles. The predicted octanol–water partition coefficient (Wildman–Crippen LogP) is 2.80. The van der Waals surface area contributed by atoms with Crippen molar-refractivity contribution in [3.8, 4) is 11.5 Å². The SMILES string of the molecule is C\C=C/C=C\C=C\C(=O)c1ccc(O)c(CN2CCOCC2)c1O. The molecule has 1 heterocycles. The van der Waals surface area contributed by atoms with Crippen molar-refractivity contribution >= 4 is 5.78 Å². The molecule has 0 spiro atoms. The average Bonchev–Trinajstić information content (AvgIpc) is 2.59. The minimum atomic E-state index is -0.305. The van der Waals surface area contributed by atoms with Crippen molar-refractivity contribution in [3.63, 3.8) is 0 Å². The second kappa shape index (κ2) is 9.05. The van der Waals surface area contributed by atoms with E-state index in [1.165, 1.54) is 18.2 Å². The zero-order chi connectivity index (χ0) is 17.4. The molecule has 0 saturated carbocycles. The van der Waals surface area contributed by atoms with Gasteiger partial charge in [-0.2, -0.15) is 0 Å². The lowest BCUT2D eigenvalue weighted by Gasteiger charge is -2.27. The summed E-state index contributed by atoms with van der Waals surface area (Å²) in [6, 6.07) is 2.89. The molecule has 0 bridgehead atoms. The number of hydrogen-bond donors (Lipinski definition) is 2. The maximum atomic E-state index is 12.2. The number of allylic oxidation sites excluding steroid dienone is 6. The van der Waals surface area contributed by atoms with E-state index in [0.717, 1.165) is 13.1 Å². The molecule has 1 aliphatic heterocycles. The molecule has 0 unspecified atom stereocenters. The van der Waals surface area contributed by atoms with Crippen LogP contribution in [0.2, 0.25) is 0 Å². The van der Waals surface area contributed by atoms with Gasteiger partial charge >= 0.3 is 0 Å². The van der Waals surface area contributed by atoms with Crippen molar-refractivity contribution in [1.29, 1.82) is 0 Å².